The van der Waals surface area contributed by atoms with Crippen molar-refractivity contribution in [2.24, 2.45) is 0 Å². The van der Waals surface area contributed by atoms with Gasteiger partial charge in [0, 0.05) is 37.8 Å². The fourth-order valence-electron chi connectivity index (χ4n) is 8.44. The van der Waals surface area contributed by atoms with E-state index in [1.165, 1.54) is 65.5 Å². The van der Waals surface area contributed by atoms with Gasteiger partial charge in [0.15, 0.2) is 0 Å². The number of nitrogens with zero attached hydrogens (tertiary/aromatic N) is 2. The molecule has 3 heteroatoms. The summed E-state index contributed by atoms with van der Waals surface area (Å²) in [6.07, 6.45) is 6.91. The van der Waals surface area contributed by atoms with Gasteiger partial charge in [0.1, 0.15) is 11.2 Å². The zero-order chi connectivity index (χ0) is 33.5. The molecule has 0 bridgehead atoms. The zero-order valence-corrected chi connectivity index (χ0v) is 27.9. The van der Waals surface area contributed by atoms with Crippen LogP contribution in [0.5, 0.6) is 0 Å². The monoisotopic (exact) mass is 652 g/mol. The first-order chi connectivity index (χ1) is 25.3. The standard InChI is InChI=1S/C48H32N2O/c1-2-11-31(12-3-1)32-21-25-35(26-22-32)49-41-16-7-4-13-36(41)39-29-33(23-27-43(39)49)34-24-28-44-40(30-34)37-14-5-8-17-42(37)50(44)45-18-10-20-47-48(45)38-15-6-9-19-46(38)51-47/h1-4,6-7,9-30H,5,8H2. The zero-order valence-electron chi connectivity index (χ0n) is 27.9. The second-order valence-corrected chi connectivity index (χ2v) is 13.6. The molecular formula is C48H32N2O. The Morgan fingerprint density at radius 1 is 0.412 bits per heavy atom. The molecule has 0 atom stereocenters. The highest BCUT2D eigenvalue weighted by Gasteiger charge is 2.18. The van der Waals surface area contributed by atoms with Crippen LogP contribution in [0.25, 0.3) is 100 Å². The number of hydrogen-bond donors (Lipinski definition) is 0. The largest absolute Gasteiger partial charge is 0.456 e. The van der Waals surface area contributed by atoms with Gasteiger partial charge in [0.05, 0.1) is 27.6 Å². The summed E-state index contributed by atoms with van der Waals surface area (Å²) in [5.41, 5.74) is 12.7. The molecule has 10 aromatic rings. The van der Waals surface area contributed by atoms with Crippen molar-refractivity contribution in [3.63, 3.8) is 0 Å². The molecule has 0 unspecified atom stereocenters. The van der Waals surface area contributed by atoms with Gasteiger partial charge < -0.3 is 13.6 Å². The third kappa shape index (κ3) is 4.25. The van der Waals surface area contributed by atoms with E-state index in [2.05, 4.69) is 173 Å². The molecular weight excluding hydrogens is 621 g/mol. The van der Waals surface area contributed by atoms with Crippen molar-refractivity contribution in [2.75, 3.05) is 0 Å². The molecule has 0 fully saturated rings. The Bertz CT molecular complexity index is 3120. The van der Waals surface area contributed by atoms with E-state index in [4.69, 9.17) is 4.42 Å². The molecule has 0 saturated carbocycles. The van der Waals surface area contributed by atoms with Crippen molar-refractivity contribution in [3.05, 3.63) is 168 Å². The maximum atomic E-state index is 6.31. The highest BCUT2D eigenvalue weighted by Crippen LogP contribution is 2.37. The number of aromatic nitrogens is 2. The lowest BCUT2D eigenvalue weighted by molar-refractivity contribution is 0.669. The summed E-state index contributed by atoms with van der Waals surface area (Å²) in [5.74, 6) is 0. The molecule has 3 nitrogen and oxygen atoms in total. The molecule has 0 aliphatic heterocycles. The molecule has 7 aromatic carbocycles. The maximum absolute atomic E-state index is 6.31. The number of hydrogen-bond acceptors (Lipinski definition) is 1. The molecule has 0 N–H and O–H groups in total. The quantitative estimate of drug-likeness (QED) is 0.186. The minimum atomic E-state index is 0.917. The third-order valence-corrected chi connectivity index (χ3v) is 10.8. The Morgan fingerprint density at radius 2 is 1.04 bits per heavy atom. The van der Waals surface area contributed by atoms with Crippen LogP contribution >= 0.6 is 0 Å². The van der Waals surface area contributed by atoms with Crippen molar-refractivity contribution in [2.45, 2.75) is 12.8 Å². The minimum absolute atomic E-state index is 0.917. The predicted molar refractivity (Wildman–Crippen MR) is 213 cm³/mol. The van der Waals surface area contributed by atoms with Gasteiger partial charge in [-0.2, -0.15) is 0 Å². The van der Waals surface area contributed by atoms with Crippen molar-refractivity contribution in [1.29, 1.82) is 0 Å². The third-order valence-electron chi connectivity index (χ3n) is 10.8. The van der Waals surface area contributed by atoms with E-state index in [0.717, 1.165) is 46.2 Å². The normalized spacial score (nSPS) is 12.9. The summed E-state index contributed by atoms with van der Waals surface area (Å²) < 4.78 is 11.2. The first-order valence-corrected chi connectivity index (χ1v) is 17.8. The molecule has 11 rings (SSSR count). The lowest BCUT2D eigenvalue weighted by atomic mass is 10.0. The molecule has 3 aromatic heterocycles. The van der Waals surface area contributed by atoms with Crippen molar-refractivity contribution in [1.82, 2.24) is 9.13 Å². The van der Waals surface area contributed by atoms with Crippen LogP contribution in [0, 0.1) is 0 Å². The van der Waals surface area contributed by atoms with E-state index >= 15 is 0 Å². The smallest absolute Gasteiger partial charge is 0.137 e. The molecule has 0 saturated heterocycles. The topological polar surface area (TPSA) is 23.0 Å². The highest BCUT2D eigenvalue weighted by molar-refractivity contribution is 6.11. The molecule has 1 aliphatic rings. The molecule has 0 radical (unpaired) electrons. The van der Waals surface area contributed by atoms with Crippen molar-refractivity contribution < 1.29 is 4.42 Å². The van der Waals surface area contributed by atoms with Gasteiger partial charge in [-0.05, 0) is 95.8 Å². The fourth-order valence-corrected chi connectivity index (χ4v) is 8.44. The van der Waals surface area contributed by atoms with Crippen LogP contribution in [0.1, 0.15) is 12.8 Å². The van der Waals surface area contributed by atoms with Gasteiger partial charge in [0.25, 0.3) is 0 Å². The van der Waals surface area contributed by atoms with Crippen LogP contribution in [0.15, 0.2) is 162 Å². The predicted octanol–water partition coefficient (Wildman–Crippen LogP) is 11.3. The van der Waals surface area contributed by atoms with Gasteiger partial charge in [-0.25, -0.2) is 0 Å². The Balaban J connectivity index is 1.08. The first kappa shape index (κ1) is 28.3. The highest BCUT2D eigenvalue weighted by atomic mass is 16.3. The second kappa shape index (κ2) is 11.0. The van der Waals surface area contributed by atoms with E-state index in [1.807, 2.05) is 6.07 Å². The van der Waals surface area contributed by atoms with Crippen LogP contribution < -0.4 is 10.6 Å². The number of benzene rings is 7. The Kier molecular flexibility index (Phi) is 6.08. The molecule has 3 heterocycles. The Morgan fingerprint density at radius 3 is 1.88 bits per heavy atom. The summed E-state index contributed by atoms with van der Waals surface area (Å²) in [7, 11) is 0. The lowest BCUT2D eigenvalue weighted by Crippen LogP contribution is -2.30. The molecule has 0 amide bonds. The summed E-state index contributed by atoms with van der Waals surface area (Å²) in [6, 6.07) is 57.0. The van der Waals surface area contributed by atoms with E-state index in [0.29, 0.717) is 0 Å². The summed E-state index contributed by atoms with van der Waals surface area (Å²) in [4.78, 5) is 0. The van der Waals surface area contributed by atoms with E-state index in [9.17, 15) is 0 Å². The number of furan rings is 1. The molecule has 0 spiro atoms. The van der Waals surface area contributed by atoms with Gasteiger partial charge in [-0.15, -0.1) is 0 Å². The maximum Gasteiger partial charge on any atom is 0.137 e. The second-order valence-electron chi connectivity index (χ2n) is 13.6. The average molecular weight is 653 g/mol. The lowest BCUT2D eigenvalue weighted by Gasteiger charge is -2.11. The van der Waals surface area contributed by atoms with Crippen LogP contribution in [-0.2, 0) is 0 Å². The number of fused-ring (bicyclic) bond motifs is 9. The van der Waals surface area contributed by atoms with Crippen molar-refractivity contribution in [3.8, 4) is 33.6 Å². The van der Waals surface area contributed by atoms with Crippen molar-refractivity contribution >= 4 is 66.8 Å². The van der Waals surface area contributed by atoms with Crippen LogP contribution in [0.2, 0.25) is 0 Å². The molecule has 51 heavy (non-hydrogen) atoms. The summed E-state index contributed by atoms with van der Waals surface area (Å²) >= 11 is 0. The minimum Gasteiger partial charge on any atom is -0.456 e. The van der Waals surface area contributed by atoms with Crippen LogP contribution in [0.4, 0.5) is 0 Å². The summed E-state index contributed by atoms with van der Waals surface area (Å²) in [5, 5.41) is 8.69. The average Bonchev–Trinajstić information content (AvgIpc) is 3.86. The van der Waals surface area contributed by atoms with Gasteiger partial charge in [0.2, 0.25) is 0 Å². The molecule has 240 valence electrons. The SMILES string of the molecule is C1=c2c(n(-c3cccc4oc5ccccc5c34)c3ccc(-c4ccc5c(c4)c4ccccc4n5-c4ccc(-c5ccccc5)cc4)cc23)=CCC1. The van der Waals surface area contributed by atoms with E-state index in [1.54, 1.807) is 0 Å². The van der Waals surface area contributed by atoms with Crippen LogP contribution in [-0.4, -0.2) is 9.13 Å². The Labute approximate surface area is 294 Å². The number of rotatable bonds is 4. The van der Waals surface area contributed by atoms with E-state index < -0.39 is 0 Å². The summed E-state index contributed by atoms with van der Waals surface area (Å²) in [6.45, 7) is 0. The first-order valence-electron chi connectivity index (χ1n) is 17.8. The van der Waals surface area contributed by atoms with Gasteiger partial charge in [-0.3, -0.25) is 0 Å². The Hall–Kier alpha value is -6.58. The fraction of sp³-hybridized carbons (Fsp3) is 0.0417. The van der Waals surface area contributed by atoms with Gasteiger partial charge >= 0.3 is 0 Å². The molecule has 1 aliphatic carbocycles. The van der Waals surface area contributed by atoms with Crippen LogP contribution in [0.3, 0.4) is 0 Å². The number of para-hydroxylation sites is 2. The van der Waals surface area contributed by atoms with E-state index in [-0.39, 0.29) is 0 Å². The van der Waals surface area contributed by atoms with Gasteiger partial charge in [-0.1, -0.05) is 109 Å².